The van der Waals surface area contributed by atoms with Crippen LogP contribution in [0, 0.1) is 0 Å². The minimum Gasteiger partial charge on any atom is -0.505 e. The maximum atomic E-state index is 12.5. The number of rotatable bonds is 12. The number of benzene rings is 4. The fourth-order valence-corrected chi connectivity index (χ4v) is 7.68. The Morgan fingerprint density at radius 1 is 0.694 bits per heavy atom. The number of phenolic OH excluding ortho intramolecular Hbond substituents is 1. The van der Waals surface area contributed by atoms with Gasteiger partial charge in [0.05, 0.1) is 38.8 Å². The molecule has 0 amide bonds. The van der Waals surface area contributed by atoms with Gasteiger partial charge in [0.2, 0.25) is 0 Å². The SMILES string of the molecule is CC(=O)c1ccc(/N=N/c2c(S(=O)(=O)O)cc3cc(S(=O)(=O)O)c(/N=N/c4ccc(S(=O)(=O)CCCS(=O)(=O)O)cc4)c(N)c3c2O)cc1. The van der Waals surface area contributed by atoms with Crippen molar-refractivity contribution >= 4 is 85.2 Å². The second kappa shape index (κ2) is 13.7. The molecule has 4 rings (SSSR count). The van der Waals surface area contributed by atoms with Crippen molar-refractivity contribution in [2.45, 2.75) is 28.0 Å². The Balaban J connectivity index is 1.82. The molecule has 0 unspecified atom stereocenters. The molecule has 0 saturated heterocycles. The molecule has 260 valence electrons. The Hall–Kier alpha value is -4.71. The predicted molar refractivity (Wildman–Crippen MR) is 174 cm³/mol. The van der Waals surface area contributed by atoms with E-state index in [9.17, 15) is 52.7 Å². The summed E-state index contributed by atoms with van der Waals surface area (Å²) in [5, 5.41) is 25.5. The standard InChI is InChI=1S/C27H25N5O13S4/c1-15(33)16-3-5-18(6-4-16)30-32-26-22(49(43,44)45)14-17-13-21(48(40,41)42)25(24(28)23(17)27(26)34)31-29-19-7-9-20(10-8-19)46(35,36)11-2-12-47(37,38)39/h3-10,13-14,34H,2,11-12,28H2,1H3,(H,37,38,39)(H,40,41,42)(H,43,44,45)/b31-29+,32-30+. The number of nitrogens with two attached hydrogens (primary N) is 1. The second-order valence-corrected chi connectivity index (χ2v) is 16.7. The van der Waals surface area contributed by atoms with Crippen molar-refractivity contribution in [3.05, 3.63) is 66.2 Å². The van der Waals surface area contributed by atoms with Gasteiger partial charge in [0.1, 0.15) is 21.2 Å². The van der Waals surface area contributed by atoms with Crippen molar-refractivity contribution in [2.24, 2.45) is 20.5 Å². The summed E-state index contributed by atoms with van der Waals surface area (Å²) in [6.07, 6.45) is -0.377. The van der Waals surface area contributed by atoms with E-state index >= 15 is 0 Å². The molecule has 0 bridgehead atoms. The van der Waals surface area contributed by atoms with Gasteiger partial charge in [0, 0.05) is 5.56 Å². The number of sulfone groups is 1. The van der Waals surface area contributed by atoms with Crippen LogP contribution in [0.25, 0.3) is 10.8 Å². The zero-order chi connectivity index (χ0) is 36.5. The van der Waals surface area contributed by atoms with Crippen LogP contribution < -0.4 is 5.73 Å². The highest BCUT2D eigenvalue weighted by molar-refractivity contribution is 7.91. The zero-order valence-electron chi connectivity index (χ0n) is 24.9. The normalized spacial score (nSPS) is 13.1. The molecule has 0 heterocycles. The van der Waals surface area contributed by atoms with E-state index in [4.69, 9.17) is 10.3 Å². The molecular weight excluding hydrogens is 731 g/mol. The largest absolute Gasteiger partial charge is 0.505 e. The lowest BCUT2D eigenvalue weighted by atomic mass is 10.1. The molecule has 0 aliphatic heterocycles. The number of ketones is 1. The third kappa shape index (κ3) is 8.86. The number of carbonyl (C=O) groups excluding carboxylic acids is 1. The Labute approximate surface area is 279 Å². The lowest BCUT2D eigenvalue weighted by Gasteiger charge is -2.14. The average molecular weight is 756 g/mol. The number of azo groups is 2. The van der Waals surface area contributed by atoms with Gasteiger partial charge in [-0.15, -0.1) is 10.2 Å². The number of hydrogen-bond donors (Lipinski definition) is 5. The minimum absolute atomic E-state index is 0.0612. The highest BCUT2D eigenvalue weighted by atomic mass is 32.2. The fraction of sp³-hybridized carbons (Fsp3) is 0.148. The Morgan fingerprint density at radius 3 is 1.63 bits per heavy atom. The lowest BCUT2D eigenvalue weighted by molar-refractivity contribution is 0.101. The van der Waals surface area contributed by atoms with Gasteiger partial charge in [-0.2, -0.15) is 35.5 Å². The first-order chi connectivity index (χ1) is 22.6. The molecule has 0 saturated carbocycles. The van der Waals surface area contributed by atoms with Gasteiger partial charge >= 0.3 is 0 Å². The van der Waals surface area contributed by atoms with E-state index in [2.05, 4.69) is 20.5 Å². The van der Waals surface area contributed by atoms with E-state index in [0.29, 0.717) is 11.6 Å². The van der Waals surface area contributed by atoms with Gasteiger partial charge in [-0.3, -0.25) is 18.5 Å². The van der Waals surface area contributed by atoms with E-state index in [1.807, 2.05) is 0 Å². The molecule has 0 atom stereocenters. The Morgan fingerprint density at radius 2 is 1.16 bits per heavy atom. The number of nitrogen functional groups attached to an aromatic ring is 1. The topological polar surface area (TPSA) is 310 Å². The lowest BCUT2D eigenvalue weighted by Crippen LogP contribution is -2.12. The third-order valence-electron chi connectivity index (χ3n) is 6.69. The zero-order valence-corrected chi connectivity index (χ0v) is 28.1. The van der Waals surface area contributed by atoms with Crippen LogP contribution in [0.15, 0.2) is 95.8 Å². The summed E-state index contributed by atoms with van der Waals surface area (Å²) < 4.78 is 125. The molecule has 0 aliphatic carbocycles. The number of phenols is 1. The first kappa shape index (κ1) is 37.1. The molecular formula is C27H25N5O13S4. The van der Waals surface area contributed by atoms with E-state index in [1.165, 1.54) is 31.2 Å². The highest BCUT2D eigenvalue weighted by Gasteiger charge is 2.28. The number of Topliss-reactive ketones (excluding diaryl/α,β-unsaturated/α-hetero) is 1. The van der Waals surface area contributed by atoms with Crippen molar-refractivity contribution in [3.63, 3.8) is 0 Å². The first-order valence-electron chi connectivity index (χ1n) is 13.4. The monoisotopic (exact) mass is 755 g/mol. The van der Waals surface area contributed by atoms with E-state index in [1.54, 1.807) is 0 Å². The maximum absolute atomic E-state index is 12.5. The third-order valence-corrected chi connectivity index (χ3v) is 11.0. The maximum Gasteiger partial charge on any atom is 0.296 e. The Kier molecular flexibility index (Phi) is 10.3. The van der Waals surface area contributed by atoms with E-state index in [0.717, 1.165) is 30.3 Å². The van der Waals surface area contributed by atoms with Crippen LogP contribution >= 0.6 is 0 Å². The molecule has 0 aliphatic rings. The van der Waals surface area contributed by atoms with E-state index < -0.39 is 95.1 Å². The second-order valence-electron chi connectivity index (χ2n) is 10.2. The summed E-state index contributed by atoms with van der Waals surface area (Å²) in [7, 11) is -18.6. The first-order valence-corrected chi connectivity index (χ1v) is 19.5. The van der Waals surface area contributed by atoms with Crippen molar-refractivity contribution < 1.29 is 57.2 Å². The van der Waals surface area contributed by atoms with Crippen LogP contribution in [0.3, 0.4) is 0 Å². The molecule has 4 aromatic carbocycles. The number of carbonyl (C=O) groups is 1. The molecule has 22 heteroatoms. The number of anilines is 1. The summed E-state index contributed by atoms with van der Waals surface area (Å²) in [5.74, 6) is -2.60. The quantitative estimate of drug-likeness (QED) is 0.0566. The fourth-order valence-electron chi connectivity index (χ4n) is 4.35. The molecule has 0 spiro atoms. The van der Waals surface area contributed by atoms with Crippen LogP contribution in [0.2, 0.25) is 0 Å². The molecule has 6 N–H and O–H groups in total. The minimum atomic E-state index is -5.16. The van der Waals surface area contributed by atoms with Crippen LogP contribution in [0.5, 0.6) is 5.75 Å². The molecule has 0 fully saturated rings. The number of nitrogens with zero attached hydrogens (tertiary/aromatic N) is 4. The van der Waals surface area contributed by atoms with Crippen LogP contribution in [-0.2, 0) is 40.2 Å². The van der Waals surface area contributed by atoms with Crippen LogP contribution in [0.4, 0.5) is 28.4 Å². The van der Waals surface area contributed by atoms with Crippen molar-refractivity contribution in [1.29, 1.82) is 0 Å². The van der Waals surface area contributed by atoms with Gasteiger partial charge in [0.25, 0.3) is 30.4 Å². The van der Waals surface area contributed by atoms with Gasteiger partial charge in [0.15, 0.2) is 21.4 Å². The molecule has 18 nitrogen and oxygen atoms in total. The van der Waals surface area contributed by atoms with Crippen LogP contribution in [-0.4, -0.2) is 69.7 Å². The number of fused-ring (bicyclic) bond motifs is 1. The number of aromatic hydroxyl groups is 1. The summed E-state index contributed by atoms with van der Waals surface area (Å²) in [5.41, 5.74) is 4.37. The summed E-state index contributed by atoms with van der Waals surface area (Å²) in [4.78, 5) is 9.30. The number of hydrogen-bond acceptors (Lipinski definition) is 15. The highest BCUT2D eigenvalue weighted by Crippen LogP contribution is 2.48. The molecule has 4 aromatic rings. The van der Waals surface area contributed by atoms with Crippen LogP contribution in [0.1, 0.15) is 23.7 Å². The van der Waals surface area contributed by atoms with Gasteiger partial charge < -0.3 is 10.8 Å². The average Bonchev–Trinajstić information content (AvgIpc) is 2.98. The van der Waals surface area contributed by atoms with Crippen molar-refractivity contribution in [2.75, 3.05) is 17.2 Å². The summed E-state index contributed by atoms with van der Waals surface area (Å²) in [6.45, 7) is 1.33. The Bertz CT molecular complexity index is 2480. The summed E-state index contributed by atoms with van der Waals surface area (Å²) in [6, 6.07) is 11.5. The van der Waals surface area contributed by atoms with Crippen molar-refractivity contribution in [3.8, 4) is 5.75 Å². The smallest absolute Gasteiger partial charge is 0.296 e. The molecule has 49 heavy (non-hydrogen) atoms. The predicted octanol–water partition coefficient (Wildman–Crippen LogP) is 4.71. The van der Waals surface area contributed by atoms with E-state index in [-0.39, 0.29) is 28.5 Å². The molecule has 0 aromatic heterocycles. The molecule has 0 radical (unpaired) electrons. The van der Waals surface area contributed by atoms with Crippen molar-refractivity contribution in [1.82, 2.24) is 0 Å². The van der Waals surface area contributed by atoms with Gasteiger partial charge in [-0.25, -0.2) is 8.42 Å². The van der Waals surface area contributed by atoms with Gasteiger partial charge in [-0.05, 0) is 79.4 Å². The van der Waals surface area contributed by atoms with Gasteiger partial charge in [-0.1, -0.05) is 0 Å². The summed E-state index contributed by atoms with van der Waals surface area (Å²) >= 11 is 0.